The van der Waals surface area contributed by atoms with Gasteiger partial charge in [-0.3, -0.25) is 14.2 Å². The lowest BCUT2D eigenvalue weighted by atomic mass is 10.1. The first kappa shape index (κ1) is 28.4. The lowest BCUT2D eigenvalue weighted by Crippen LogP contribution is -2.25. The Bertz CT molecular complexity index is 1250. The van der Waals surface area contributed by atoms with Gasteiger partial charge in [0, 0.05) is 31.9 Å². The molecule has 0 bridgehead atoms. The monoisotopic (exact) mass is 499 g/mol. The predicted molar refractivity (Wildman–Crippen MR) is 139 cm³/mol. The van der Waals surface area contributed by atoms with Crippen molar-refractivity contribution in [3.8, 4) is 17.2 Å². The molecule has 36 heavy (non-hydrogen) atoms. The number of nitrogens with one attached hydrogen (secondary N) is 1. The Morgan fingerprint density at radius 2 is 1.78 bits per heavy atom. The molecule has 0 saturated carbocycles. The van der Waals surface area contributed by atoms with Gasteiger partial charge in [-0.05, 0) is 56.5 Å². The molecule has 1 aromatic heterocycles. The molecule has 0 aliphatic carbocycles. The van der Waals surface area contributed by atoms with Crippen molar-refractivity contribution < 1.29 is 23.8 Å². The number of primary amides is 1. The number of carbonyl (C=O) groups excluding carboxylic acids is 1. The zero-order chi connectivity index (χ0) is 26.8. The van der Waals surface area contributed by atoms with E-state index in [1.54, 1.807) is 32.0 Å². The molecule has 1 aliphatic heterocycles. The van der Waals surface area contributed by atoms with Crippen LogP contribution in [-0.4, -0.2) is 28.8 Å². The average Bonchev–Trinajstić information content (AvgIpc) is 3.43. The number of benzene rings is 2. The van der Waals surface area contributed by atoms with Crippen LogP contribution in [0.2, 0.25) is 0 Å². The molecule has 194 valence electrons. The zero-order valence-electron chi connectivity index (χ0n) is 21.4. The molecule has 9 heteroatoms. The van der Waals surface area contributed by atoms with E-state index < -0.39 is 17.3 Å². The van der Waals surface area contributed by atoms with Gasteiger partial charge in [0.25, 0.3) is 11.5 Å². The molecule has 2 heterocycles. The standard InChI is InChI=1S/C21H20FN3O4.C4H8O.C2H6/c1-11-7-8-14(13(22)9-11)24-21-19(20(23)28)17(10-18(27)25(21)3)29-16-6-4-5-15(26)12(16)2;1-2-4-5-3-1;1-2/h4-10,24,26H,1-3H3,(H2,23,28);1-4H2;1-2H3. The van der Waals surface area contributed by atoms with Crippen LogP contribution in [0.1, 0.15) is 48.2 Å². The third-order valence-corrected chi connectivity index (χ3v) is 5.33. The quantitative estimate of drug-likeness (QED) is 0.438. The van der Waals surface area contributed by atoms with E-state index in [-0.39, 0.29) is 34.3 Å². The Morgan fingerprint density at radius 1 is 1.11 bits per heavy atom. The number of pyridine rings is 1. The van der Waals surface area contributed by atoms with Crippen LogP contribution in [0.5, 0.6) is 17.2 Å². The van der Waals surface area contributed by atoms with Gasteiger partial charge in [0.05, 0.1) is 5.69 Å². The number of phenols is 1. The number of ether oxygens (including phenoxy) is 2. The van der Waals surface area contributed by atoms with Crippen molar-refractivity contribution in [2.24, 2.45) is 12.8 Å². The van der Waals surface area contributed by atoms with Crippen molar-refractivity contribution in [1.82, 2.24) is 4.57 Å². The minimum absolute atomic E-state index is 0.00738. The van der Waals surface area contributed by atoms with Gasteiger partial charge in [-0.1, -0.05) is 26.0 Å². The normalized spacial score (nSPS) is 12.1. The smallest absolute Gasteiger partial charge is 0.256 e. The SMILES string of the molecule is C1CCOC1.CC.Cc1ccc(Nc2c(C(N)=O)c(Oc3cccc(O)c3C)cc(=O)n2C)c(F)c1. The van der Waals surface area contributed by atoms with Gasteiger partial charge in [0.15, 0.2) is 0 Å². The molecule has 0 radical (unpaired) electrons. The number of phenolic OH excluding ortho intramolecular Hbond substituents is 1. The molecular formula is C27H34FN3O5. The molecule has 8 nitrogen and oxygen atoms in total. The second-order valence-corrected chi connectivity index (χ2v) is 7.92. The van der Waals surface area contributed by atoms with Crippen molar-refractivity contribution in [2.45, 2.75) is 40.5 Å². The summed E-state index contributed by atoms with van der Waals surface area (Å²) < 4.78 is 26.1. The first-order valence-electron chi connectivity index (χ1n) is 11.8. The first-order chi connectivity index (χ1) is 17.2. The molecule has 0 spiro atoms. The molecule has 1 saturated heterocycles. The molecule has 0 unspecified atom stereocenters. The molecule has 1 amide bonds. The van der Waals surface area contributed by atoms with E-state index in [0.29, 0.717) is 11.1 Å². The van der Waals surface area contributed by atoms with E-state index in [4.69, 9.17) is 15.2 Å². The summed E-state index contributed by atoms with van der Waals surface area (Å²) in [6, 6.07) is 10.2. The Labute approximate surface area is 210 Å². The highest BCUT2D eigenvalue weighted by atomic mass is 19.1. The fourth-order valence-electron chi connectivity index (χ4n) is 3.33. The van der Waals surface area contributed by atoms with Crippen LogP contribution in [0.4, 0.5) is 15.9 Å². The predicted octanol–water partition coefficient (Wildman–Crippen LogP) is 5.30. The minimum atomic E-state index is -0.872. The molecular weight excluding hydrogens is 465 g/mol. The maximum Gasteiger partial charge on any atom is 0.256 e. The minimum Gasteiger partial charge on any atom is -0.508 e. The van der Waals surface area contributed by atoms with E-state index in [2.05, 4.69) is 5.32 Å². The third-order valence-electron chi connectivity index (χ3n) is 5.33. The maximum absolute atomic E-state index is 14.3. The number of nitrogens with two attached hydrogens (primary N) is 1. The Morgan fingerprint density at radius 3 is 2.33 bits per heavy atom. The first-order valence-corrected chi connectivity index (χ1v) is 11.8. The van der Waals surface area contributed by atoms with Crippen molar-refractivity contribution in [3.63, 3.8) is 0 Å². The van der Waals surface area contributed by atoms with Gasteiger partial charge in [0.2, 0.25) is 0 Å². The van der Waals surface area contributed by atoms with Crippen LogP contribution >= 0.6 is 0 Å². The van der Waals surface area contributed by atoms with Crippen molar-refractivity contribution >= 4 is 17.4 Å². The van der Waals surface area contributed by atoms with Crippen LogP contribution in [0.25, 0.3) is 0 Å². The summed E-state index contributed by atoms with van der Waals surface area (Å²) in [5.74, 6) is -1.31. The van der Waals surface area contributed by atoms with Gasteiger partial charge in [-0.15, -0.1) is 0 Å². The number of hydrogen-bond donors (Lipinski definition) is 3. The van der Waals surface area contributed by atoms with Gasteiger partial charge < -0.3 is 25.6 Å². The second-order valence-electron chi connectivity index (χ2n) is 7.92. The fraction of sp³-hybridized carbons (Fsp3) is 0.333. The van der Waals surface area contributed by atoms with Crippen molar-refractivity contribution in [3.05, 3.63) is 75.3 Å². The number of amides is 1. The fourth-order valence-corrected chi connectivity index (χ4v) is 3.33. The van der Waals surface area contributed by atoms with E-state index in [1.807, 2.05) is 13.8 Å². The van der Waals surface area contributed by atoms with Crippen LogP contribution in [-0.2, 0) is 11.8 Å². The number of hydrogen-bond acceptors (Lipinski definition) is 6. The number of anilines is 2. The molecule has 1 aliphatic rings. The maximum atomic E-state index is 14.3. The van der Waals surface area contributed by atoms with Crippen LogP contribution in [0.15, 0.2) is 47.3 Å². The largest absolute Gasteiger partial charge is 0.508 e. The average molecular weight is 500 g/mol. The number of rotatable bonds is 5. The Kier molecular flexibility index (Phi) is 10.5. The number of aromatic hydroxyl groups is 1. The van der Waals surface area contributed by atoms with Crippen LogP contribution in [0.3, 0.4) is 0 Å². The van der Waals surface area contributed by atoms with Crippen molar-refractivity contribution in [1.29, 1.82) is 0 Å². The summed E-state index contributed by atoms with van der Waals surface area (Å²) in [5.41, 5.74) is 6.13. The summed E-state index contributed by atoms with van der Waals surface area (Å²) in [6.45, 7) is 9.36. The molecule has 3 aromatic rings. The Hall–Kier alpha value is -3.85. The summed E-state index contributed by atoms with van der Waals surface area (Å²) in [5, 5.41) is 12.6. The summed E-state index contributed by atoms with van der Waals surface area (Å²) in [4.78, 5) is 24.7. The highest BCUT2D eigenvalue weighted by molar-refractivity contribution is 6.01. The van der Waals surface area contributed by atoms with E-state index in [0.717, 1.165) is 23.8 Å². The molecule has 1 fully saturated rings. The summed E-state index contributed by atoms with van der Waals surface area (Å²) in [7, 11) is 1.42. The van der Waals surface area contributed by atoms with E-state index in [9.17, 15) is 19.1 Å². The van der Waals surface area contributed by atoms with Crippen LogP contribution < -0.4 is 21.3 Å². The molecule has 2 aromatic carbocycles. The van der Waals surface area contributed by atoms with Gasteiger partial charge in [0.1, 0.15) is 34.4 Å². The number of aryl methyl sites for hydroxylation is 1. The second kappa shape index (κ2) is 13.3. The van der Waals surface area contributed by atoms with Crippen molar-refractivity contribution in [2.75, 3.05) is 18.5 Å². The lowest BCUT2D eigenvalue weighted by Gasteiger charge is -2.19. The number of halogens is 1. The number of nitrogens with zero attached hydrogens (tertiary/aromatic N) is 1. The van der Waals surface area contributed by atoms with Gasteiger partial charge in [-0.25, -0.2) is 4.39 Å². The van der Waals surface area contributed by atoms with Gasteiger partial charge in [-0.2, -0.15) is 0 Å². The third kappa shape index (κ3) is 7.08. The number of aromatic nitrogens is 1. The molecule has 4 N–H and O–H groups in total. The molecule has 4 rings (SSSR count). The summed E-state index contributed by atoms with van der Waals surface area (Å²) >= 11 is 0. The topological polar surface area (TPSA) is 116 Å². The number of carbonyl (C=O) groups is 1. The lowest BCUT2D eigenvalue weighted by molar-refractivity contribution is 0.0998. The highest BCUT2D eigenvalue weighted by Gasteiger charge is 2.22. The van der Waals surface area contributed by atoms with E-state index >= 15 is 0 Å². The molecule has 0 atom stereocenters. The van der Waals surface area contributed by atoms with Gasteiger partial charge >= 0.3 is 0 Å². The zero-order valence-corrected chi connectivity index (χ0v) is 21.4. The Balaban J connectivity index is 0.000000570. The van der Waals surface area contributed by atoms with Crippen LogP contribution in [0, 0.1) is 19.7 Å². The van der Waals surface area contributed by atoms with E-state index in [1.165, 1.54) is 38.1 Å². The summed E-state index contributed by atoms with van der Waals surface area (Å²) in [6.07, 6.45) is 2.56. The highest BCUT2D eigenvalue weighted by Crippen LogP contribution is 2.34.